The first-order chi connectivity index (χ1) is 13.7. The van der Waals surface area contributed by atoms with E-state index in [2.05, 4.69) is 27.4 Å². The van der Waals surface area contributed by atoms with Crippen LogP contribution in [0, 0.1) is 5.92 Å². The number of phenolic OH excluding ortho intramolecular Hbond substituents is 1. The number of benzene rings is 1. The summed E-state index contributed by atoms with van der Waals surface area (Å²) in [5.41, 5.74) is 0.755. The number of ether oxygens (including phenoxy) is 2. The van der Waals surface area contributed by atoms with Crippen LogP contribution in [-0.2, 0) is 11.3 Å². The maximum absolute atomic E-state index is 10.1. The molecule has 2 heterocycles. The van der Waals surface area contributed by atoms with E-state index in [4.69, 9.17) is 9.47 Å². The zero-order valence-corrected chi connectivity index (χ0v) is 17.1. The van der Waals surface area contributed by atoms with Crippen molar-refractivity contribution in [1.82, 2.24) is 15.5 Å². The lowest BCUT2D eigenvalue weighted by Gasteiger charge is -2.34. The first-order valence-electron chi connectivity index (χ1n) is 10.4. The van der Waals surface area contributed by atoms with Gasteiger partial charge in [-0.1, -0.05) is 0 Å². The Labute approximate surface area is 168 Å². The molecule has 0 saturated carbocycles. The Hall–Kier alpha value is -1.99. The summed E-state index contributed by atoms with van der Waals surface area (Å²) in [5, 5.41) is 16.9. The average molecular weight is 391 g/mol. The molecule has 3 rings (SSSR count). The number of phenols is 1. The number of likely N-dealkylation sites (tertiary alicyclic amines) is 1. The van der Waals surface area contributed by atoms with Crippen LogP contribution >= 0.6 is 0 Å². The molecule has 2 saturated heterocycles. The molecule has 7 heteroatoms. The van der Waals surface area contributed by atoms with Crippen LogP contribution in [0.15, 0.2) is 23.2 Å². The number of rotatable bonds is 7. The predicted octanol–water partition coefficient (Wildman–Crippen LogP) is 1.96. The second-order valence-corrected chi connectivity index (χ2v) is 7.64. The number of hydrogen-bond acceptors (Lipinski definition) is 5. The molecule has 156 valence electrons. The summed E-state index contributed by atoms with van der Waals surface area (Å²) < 4.78 is 10.7. The van der Waals surface area contributed by atoms with Crippen molar-refractivity contribution >= 4 is 5.96 Å². The van der Waals surface area contributed by atoms with Gasteiger partial charge >= 0.3 is 0 Å². The molecule has 0 radical (unpaired) electrons. The van der Waals surface area contributed by atoms with Gasteiger partial charge in [-0.25, -0.2) is 4.99 Å². The first-order valence-corrected chi connectivity index (χ1v) is 10.4. The van der Waals surface area contributed by atoms with Crippen LogP contribution in [0.4, 0.5) is 0 Å². The van der Waals surface area contributed by atoms with Gasteiger partial charge in [-0.15, -0.1) is 0 Å². The van der Waals surface area contributed by atoms with Crippen molar-refractivity contribution < 1.29 is 14.6 Å². The monoisotopic (exact) mass is 390 g/mol. The minimum absolute atomic E-state index is 0.240. The number of methoxy groups -OCH3 is 1. The zero-order valence-electron chi connectivity index (χ0n) is 17.1. The van der Waals surface area contributed by atoms with Crippen molar-refractivity contribution in [3.63, 3.8) is 0 Å². The van der Waals surface area contributed by atoms with Crippen molar-refractivity contribution in [2.45, 2.75) is 38.8 Å². The van der Waals surface area contributed by atoms with Crippen LogP contribution in [0.1, 0.15) is 31.7 Å². The van der Waals surface area contributed by atoms with Crippen LogP contribution in [0.2, 0.25) is 0 Å². The SMILES string of the molecule is CCNC(=NCc1cc(OC)ccc1O)NC1CCN(CC2CCOC2)CC1. The molecule has 0 aliphatic carbocycles. The molecule has 0 aromatic heterocycles. The van der Waals surface area contributed by atoms with Crippen LogP contribution in [0.25, 0.3) is 0 Å². The zero-order chi connectivity index (χ0) is 19.8. The Kier molecular flexibility index (Phi) is 7.80. The van der Waals surface area contributed by atoms with Crippen molar-refractivity contribution in [2.75, 3.05) is 46.5 Å². The number of hydrogen-bond donors (Lipinski definition) is 3. The molecule has 1 aromatic carbocycles. The minimum atomic E-state index is 0.240. The third-order valence-electron chi connectivity index (χ3n) is 5.51. The van der Waals surface area contributed by atoms with Crippen molar-refractivity contribution in [1.29, 1.82) is 0 Å². The number of nitrogens with one attached hydrogen (secondary N) is 2. The molecule has 1 atom stereocenters. The van der Waals surface area contributed by atoms with E-state index in [0.717, 1.165) is 69.5 Å². The van der Waals surface area contributed by atoms with Crippen LogP contribution in [0.3, 0.4) is 0 Å². The summed E-state index contributed by atoms with van der Waals surface area (Å²) in [6, 6.07) is 5.65. The average Bonchev–Trinajstić information content (AvgIpc) is 3.22. The van der Waals surface area contributed by atoms with E-state index in [9.17, 15) is 5.11 Å². The van der Waals surface area contributed by atoms with Gasteiger partial charge in [-0.3, -0.25) is 0 Å². The van der Waals surface area contributed by atoms with E-state index in [1.54, 1.807) is 19.2 Å². The van der Waals surface area contributed by atoms with Crippen LogP contribution < -0.4 is 15.4 Å². The van der Waals surface area contributed by atoms with Gasteiger partial charge in [0.25, 0.3) is 0 Å². The van der Waals surface area contributed by atoms with E-state index in [1.165, 1.54) is 6.42 Å². The summed E-state index contributed by atoms with van der Waals surface area (Å²) >= 11 is 0. The number of aliphatic imine (C=N–C) groups is 1. The molecule has 0 spiro atoms. The van der Waals surface area contributed by atoms with E-state index < -0.39 is 0 Å². The van der Waals surface area contributed by atoms with Crippen LogP contribution in [-0.4, -0.2) is 68.5 Å². The van der Waals surface area contributed by atoms with Gasteiger partial charge in [0.2, 0.25) is 0 Å². The molecule has 1 aromatic rings. The Bertz CT molecular complexity index is 639. The summed E-state index contributed by atoms with van der Waals surface area (Å²) in [6.45, 7) is 8.51. The molecule has 2 aliphatic rings. The van der Waals surface area contributed by atoms with Gasteiger partial charge in [-0.05, 0) is 50.3 Å². The first kappa shape index (κ1) is 20.7. The van der Waals surface area contributed by atoms with E-state index in [0.29, 0.717) is 18.5 Å². The highest BCUT2D eigenvalue weighted by Crippen LogP contribution is 2.23. The highest BCUT2D eigenvalue weighted by Gasteiger charge is 2.24. The summed E-state index contributed by atoms with van der Waals surface area (Å²) in [7, 11) is 1.62. The summed E-state index contributed by atoms with van der Waals surface area (Å²) in [5.74, 6) is 2.47. The third kappa shape index (κ3) is 6.01. The van der Waals surface area contributed by atoms with Gasteiger partial charge < -0.3 is 30.1 Å². The molecular weight excluding hydrogens is 356 g/mol. The molecule has 2 fully saturated rings. The second kappa shape index (κ2) is 10.5. The number of piperidine rings is 1. The fourth-order valence-electron chi connectivity index (χ4n) is 3.85. The summed E-state index contributed by atoms with van der Waals surface area (Å²) in [4.78, 5) is 7.23. The van der Waals surface area contributed by atoms with Crippen molar-refractivity contribution in [3.8, 4) is 11.5 Å². The van der Waals surface area contributed by atoms with Gasteiger partial charge in [0.1, 0.15) is 11.5 Å². The van der Waals surface area contributed by atoms with Gasteiger partial charge in [0.15, 0.2) is 5.96 Å². The number of guanidine groups is 1. The second-order valence-electron chi connectivity index (χ2n) is 7.64. The molecule has 0 amide bonds. The molecule has 28 heavy (non-hydrogen) atoms. The van der Waals surface area contributed by atoms with E-state index in [-0.39, 0.29) is 5.75 Å². The Morgan fingerprint density at radius 1 is 1.32 bits per heavy atom. The predicted molar refractivity (Wildman–Crippen MR) is 111 cm³/mol. The Morgan fingerprint density at radius 3 is 2.82 bits per heavy atom. The van der Waals surface area contributed by atoms with E-state index >= 15 is 0 Å². The topological polar surface area (TPSA) is 78.4 Å². The van der Waals surface area contributed by atoms with Gasteiger partial charge in [0, 0.05) is 44.4 Å². The molecule has 3 N–H and O–H groups in total. The number of aromatic hydroxyl groups is 1. The molecule has 7 nitrogen and oxygen atoms in total. The maximum atomic E-state index is 10.1. The Morgan fingerprint density at radius 2 is 2.14 bits per heavy atom. The molecular formula is C21H34N4O3. The lowest BCUT2D eigenvalue weighted by molar-refractivity contribution is 0.150. The lowest BCUT2D eigenvalue weighted by atomic mass is 10.0. The molecule has 0 bridgehead atoms. The largest absolute Gasteiger partial charge is 0.508 e. The normalized spacial score (nSPS) is 21.6. The quantitative estimate of drug-likeness (QED) is 0.488. The molecule has 2 aliphatic heterocycles. The lowest BCUT2D eigenvalue weighted by Crippen LogP contribution is -2.49. The summed E-state index contributed by atoms with van der Waals surface area (Å²) in [6.07, 6.45) is 3.43. The van der Waals surface area contributed by atoms with Crippen molar-refractivity contribution in [3.05, 3.63) is 23.8 Å². The molecule has 1 unspecified atom stereocenters. The standard InChI is InChI=1S/C21H34N4O3/c1-3-22-21(23-13-17-12-19(27-2)4-5-20(17)26)24-18-6-9-25(10-7-18)14-16-8-11-28-15-16/h4-5,12,16,18,26H,3,6-11,13-15H2,1-2H3,(H2,22,23,24). The van der Waals surface area contributed by atoms with Crippen LogP contribution in [0.5, 0.6) is 11.5 Å². The van der Waals surface area contributed by atoms with Crippen molar-refractivity contribution in [2.24, 2.45) is 10.9 Å². The Balaban J connectivity index is 1.51. The highest BCUT2D eigenvalue weighted by molar-refractivity contribution is 5.80. The number of nitrogens with zero attached hydrogens (tertiary/aromatic N) is 2. The van der Waals surface area contributed by atoms with Gasteiger partial charge in [-0.2, -0.15) is 0 Å². The highest BCUT2D eigenvalue weighted by atomic mass is 16.5. The minimum Gasteiger partial charge on any atom is -0.508 e. The fourth-order valence-corrected chi connectivity index (χ4v) is 3.85. The van der Waals surface area contributed by atoms with E-state index in [1.807, 2.05) is 6.07 Å². The fraction of sp³-hybridized carbons (Fsp3) is 0.667. The van der Waals surface area contributed by atoms with Gasteiger partial charge in [0.05, 0.1) is 20.3 Å². The maximum Gasteiger partial charge on any atom is 0.191 e. The smallest absolute Gasteiger partial charge is 0.191 e. The third-order valence-corrected chi connectivity index (χ3v) is 5.51.